The zero-order valence-electron chi connectivity index (χ0n) is 19.2. The van der Waals surface area contributed by atoms with Gasteiger partial charge in [-0.25, -0.2) is 0 Å². The number of carbonyl (C=O) groups is 2. The van der Waals surface area contributed by atoms with E-state index in [9.17, 15) is 9.59 Å². The molecular weight excluding hydrogens is 414 g/mol. The largest absolute Gasteiger partial charge is 0.493 e. The summed E-state index contributed by atoms with van der Waals surface area (Å²) in [5, 5.41) is 6.04. The minimum Gasteiger partial charge on any atom is -0.493 e. The third-order valence-electron chi connectivity index (χ3n) is 5.13. The third-order valence-corrected chi connectivity index (χ3v) is 5.13. The first-order chi connectivity index (χ1) is 16.0. The third kappa shape index (κ3) is 8.33. The quantitative estimate of drug-likeness (QED) is 0.460. The monoisotopic (exact) mass is 445 g/mol. The number of aryl methyl sites for hydroxylation is 1. The van der Waals surface area contributed by atoms with Crippen molar-refractivity contribution in [3.8, 4) is 5.75 Å². The van der Waals surface area contributed by atoms with E-state index in [4.69, 9.17) is 4.74 Å². The molecule has 0 aromatic heterocycles. The van der Waals surface area contributed by atoms with Crippen LogP contribution in [0.5, 0.6) is 5.75 Å². The maximum absolute atomic E-state index is 12.4. The number of ether oxygens (including phenoxy) is 1. The molecule has 172 valence electrons. The Kier molecular flexibility index (Phi) is 8.88. The van der Waals surface area contributed by atoms with Crippen LogP contribution in [0, 0.1) is 0 Å². The van der Waals surface area contributed by atoms with Crippen molar-refractivity contribution in [2.24, 2.45) is 0 Å². The average molecular weight is 446 g/mol. The lowest BCUT2D eigenvalue weighted by atomic mass is 10.1. The Labute approximate surface area is 195 Å². The smallest absolute Gasteiger partial charge is 0.243 e. The molecule has 0 spiro atoms. The van der Waals surface area contributed by atoms with Gasteiger partial charge in [-0.3, -0.25) is 9.59 Å². The van der Waals surface area contributed by atoms with E-state index < -0.39 is 0 Å². The molecule has 0 bridgehead atoms. The van der Waals surface area contributed by atoms with Crippen LogP contribution in [0.15, 0.2) is 78.9 Å². The number of nitrogens with zero attached hydrogens (tertiary/aromatic N) is 1. The molecule has 0 unspecified atom stereocenters. The van der Waals surface area contributed by atoms with Crippen molar-refractivity contribution in [3.63, 3.8) is 0 Å². The van der Waals surface area contributed by atoms with Gasteiger partial charge in [-0.15, -0.1) is 0 Å². The first kappa shape index (κ1) is 23.9. The van der Waals surface area contributed by atoms with Gasteiger partial charge in [-0.2, -0.15) is 0 Å². The molecule has 6 nitrogen and oxygen atoms in total. The number of hydrogen-bond donors (Lipinski definition) is 2. The van der Waals surface area contributed by atoms with Crippen LogP contribution < -0.4 is 15.4 Å². The molecule has 0 saturated heterocycles. The van der Waals surface area contributed by atoms with Crippen LogP contribution in [-0.4, -0.2) is 44.0 Å². The van der Waals surface area contributed by atoms with E-state index in [0.29, 0.717) is 19.4 Å². The Hall–Kier alpha value is -3.80. The number of benzene rings is 3. The van der Waals surface area contributed by atoms with Gasteiger partial charge in [0.05, 0.1) is 13.2 Å². The molecule has 0 aliphatic heterocycles. The van der Waals surface area contributed by atoms with Crippen molar-refractivity contribution in [2.75, 3.05) is 37.9 Å². The van der Waals surface area contributed by atoms with E-state index in [0.717, 1.165) is 29.1 Å². The van der Waals surface area contributed by atoms with E-state index in [-0.39, 0.29) is 18.4 Å². The zero-order valence-corrected chi connectivity index (χ0v) is 19.2. The first-order valence-electron chi connectivity index (χ1n) is 11.1. The normalized spacial score (nSPS) is 10.4. The molecule has 33 heavy (non-hydrogen) atoms. The Bertz CT molecular complexity index is 1050. The van der Waals surface area contributed by atoms with E-state index in [2.05, 4.69) is 22.8 Å². The maximum atomic E-state index is 12.4. The van der Waals surface area contributed by atoms with Crippen LogP contribution in [0.1, 0.15) is 17.5 Å². The predicted molar refractivity (Wildman–Crippen MR) is 133 cm³/mol. The second kappa shape index (κ2) is 12.3. The fourth-order valence-electron chi connectivity index (χ4n) is 3.29. The van der Waals surface area contributed by atoms with E-state index in [1.165, 1.54) is 5.56 Å². The van der Waals surface area contributed by atoms with E-state index in [1.807, 2.05) is 66.7 Å². The van der Waals surface area contributed by atoms with Gasteiger partial charge in [0.15, 0.2) is 0 Å². The van der Waals surface area contributed by atoms with Gasteiger partial charge in [0.1, 0.15) is 5.75 Å². The van der Waals surface area contributed by atoms with Crippen LogP contribution in [0.2, 0.25) is 0 Å². The summed E-state index contributed by atoms with van der Waals surface area (Å²) in [6.45, 7) is 0.723. The van der Waals surface area contributed by atoms with Crippen molar-refractivity contribution >= 4 is 23.2 Å². The lowest BCUT2D eigenvalue weighted by Gasteiger charge is -2.12. The van der Waals surface area contributed by atoms with Gasteiger partial charge >= 0.3 is 0 Å². The lowest BCUT2D eigenvalue weighted by Crippen LogP contribution is -2.22. The maximum Gasteiger partial charge on any atom is 0.243 e. The van der Waals surface area contributed by atoms with E-state index in [1.54, 1.807) is 19.0 Å². The summed E-state index contributed by atoms with van der Waals surface area (Å²) in [6, 6.07) is 25.4. The van der Waals surface area contributed by atoms with Crippen LogP contribution in [0.25, 0.3) is 0 Å². The minimum atomic E-state index is -0.146. The second-order valence-electron chi connectivity index (χ2n) is 8.00. The fraction of sp³-hybridized carbons (Fsp3) is 0.259. The number of anilines is 2. The van der Waals surface area contributed by atoms with Gasteiger partial charge in [-0.1, -0.05) is 48.5 Å². The second-order valence-corrected chi connectivity index (χ2v) is 8.00. The molecule has 3 aromatic rings. The molecule has 0 fully saturated rings. The molecule has 2 N–H and O–H groups in total. The zero-order chi connectivity index (χ0) is 23.5. The average Bonchev–Trinajstić information content (AvgIpc) is 2.82. The Balaban J connectivity index is 1.44. The molecule has 0 radical (unpaired) electrons. The predicted octanol–water partition coefficient (Wildman–Crippen LogP) is 4.38. The standard InChI is InChI=1S/C27H31N3O3/c1-30(2)27(32)15-14-22-10-6-12-24(18-22)29-26(31)20-28-23-11-7-13-25(19-23)33-17-16-21-8-4-3-5-9-21/h3-13,18-19,28H,14-17,20H2,1-2H3,(H,29,31). The number of amides is 2. The van der Waals surface area contributed by atoms with Crippen LogP contribution in [-0.2, 0) is 22.4 Å². The van der Waals surface area contributed by atoms with Gasteiger partial charge in [0, 0.05) is 44.4 Å². The van der Waals surface area contributed by atoms with Gasteiger partial charge in [0.25, 0.3) is 0 Å². The first-order valence-corrected chi connectivity index (χ1v) is 11.1. The summed E-state index contributed by atoms with van der Waals surface area (Å²) >= 11 is 0. The highest BCUT2D eigenvalue weighted by atomic mass is 16.5. The van der Waals surface area contributed by atoms with Gasteiger partial charge in [-0.05, 0) is 41.8 Å². The number of carbonyl (C=O) groups excluding carboxylic acids is 2. The van der Waals surface area contributed by atoms with Crippen LogP contribution in [0.3, 0.4) is 0 Å². The molecule has 0 saturated carbocycles. The summed E-state index contributed by atoms with van der Waals surface area (Å²) in [7, 11) is 3.50. The summed E-state index contributed by atoms with van der Waals surface area (Å²) < 4.78 is 5.85. The van der Waals surface area contributed by atoms with Crippen LogP contribution >= 0.6 is 0 Å². The molecule has 0 heterocycles. The molecule has 0 aliphatic rings. The van der Waals surface area contributed by atoms with Crippen molar-refractivity contribution in [3.05, 3.63) is 90.0 Å². The van der Waals surface area contributed by atoms with E-state index >= 15 is 0 Å². The molecule has 6 heteroatoms. The molecule has 2 amide bonds. The molecule has 3 aromatic carbocycles. The molecule has 0 aliphatic carbocycles. The SMILES string of the molecule is CN(C)C(=O)CCc1cccc(NC(=O)CNc2cccc(OCCc3ccccc3)c2)c1. The van der Waals surface area contributed by atoms with Crippen molar-refractivity contribution in [1.29, 1.82) is 0 Å². The molecule has 3 rings (SSSR count). The fourth-order valence-corrected chi connectivity index (χ4v) is 3.29. The number of nitrogens with one attached hydrogen (secondary N) is 2. The van der Waals surface area contributed by atoms with Gasteiger partial charge < -0.3 is 20.3 Å². The van der Waals surface area contributed by atoms with Crippen molar-refractivity contribution < 1.29 is 14.3 Å². The summed E-state index contributed by atoms with van der Waals surface area (Å²) in [4.78, 5) is 25.8. The summed E-state index contributed by atoms with van der Waals surface area (Å²) in [5.41, 5.74) is 3.78. The number of rotatable bonds is 11. The minimum absolute atomic E-state index is 0.0833. The lowest BCUT2D eigenvalue weighted by molar-refractivity contribution is -0.128. The Morgan fingerprint density at radius 2 is 1.55 bits per heavy atom. The Morgan fingerprint density at radius 1 is 0.818 bits per heavy atom. The van der Waals surface area contributed by atoms with Crippen LogP contribution in [0.4, 0.5) is 11.4 Å². The summed E-state index contributed by atoms with van der Waals surface area (Å²) in [6.07, 6.45) is 1.91. The molecule has 0 atom stereocenters. The van der Waals surface area contributed by atoms with Crippen molar-refractivity contribution in [1.82, 2.24) is 4.90 Å². The highest BCUT2D eigenvalue weighted by Crippen LogP contribution is 2.18. The highest BCUT2D eigenvalue weighted by molar-refractivity contribution is 5.93. The highest BCUT2D eigenvalue weighted by Gasteiger charge is 2.07. The van der Waals surface area contributed by atoms with Crippen molar-refractivity contribution in [2.45, 2.75) is 19.3 Å². The molecular formula is C27H31N3O3. The van der Waals surface area contributed by atoms with Gasteiger partial charge in [0.2, 0.25) is 11.8 Å². The summed E-state index contributed by atoms with van der Waals surface area (Å²) in [5.74, 6) is 0.697. The Morgan fingerprint density at radius 3 is 2.33 bits per heavy atom. The number of hydrogen-bond acceptors (Lipinski definition) is 4. The topological polar surface area (TPSA) is 70.7 Å².